The Balaban J connectivity index is 1.50. The van der Waals surface area contributed by atoms with Crippen LogP contribution < -0.4 is 0 Å². The number of hydrogen-bond acceptors (Lipinski definition) is 4. The second-order valence-corrected chi connectivity index (χ2v) is 6.91. The molecule has 1 atom stereocenters. The van der Waals surface area contributed by atoms with Crippen molar-refractivity contribution in [3.63, 3.8) is 0 Å². The van der Waals surface area contributed by atoms with E-state index >= 15 is 0 Å². The maximum absolute atomic E-state index is 12.3. The van der Waals surface area contributed by atoms with Gasteiger partial charge in [-0.2, -0.15) is 5.10 Å². The molecule has 3 rings (SSSR count). The summed E-state index contributed by atoms with van der Waals surface area (Å²) in [7, 11) is 0. The summed E-state index contributed by atoms with van der Waals surface area (Å²) in [5, 5.41) is 4.48. The molecular formula is C17H29N5O. The van der Waals surface area contributed by atoms with Gasteiger partial charge in [-0.1, -0.05) is 0 Å². The van der Waals surface area contributed by atoms with Crippen molar-refractivity contribution < 1.29 is 4.79 Å². The minimum Gasteiger partial charge on any atom is -0.343 e. The molecule has 0 aliphatic carbocycles. The minimum absolute atomic E-state index is 0.336. The molecule has 23 heavy (non-hydrogen) atoms. The number of hydrogen-bond donors (Lipinski definition) is 0. The van der Waals surface area contributed by atoms with Crippen LogP contribution >= 0.6 is 0 Å². The van der Waals surface area contributed by atoms with E-state index in [1.54, 1.807) is 0 Å². The highest BCUT2D eigenvalue weighted by molar-refractivity contribution is 5.76. The van der Waals surface area contributed by atoms with E-state index in [0.717, 1.165) is 44.4 Å². The van der Waals surface area contributed by atoms with Crippen LogP contribution in [-0.4, -0.2) is 62.7 Å². The number of carbonyl (C=O) groups excluding carboxylic acids is 1. The van der Waals surface area contributed by atoms with E-state index in [4.69, 9.17) is 0 Å². The summed E-state index contributed by atoms with van der Waals surface area (Å²) in [6, 6.07) is 0.490. The molecule has 0 unspecified atom stereocenters. The minimum atomic E-state index is 0.336. The van der Waals surface area contributed by atoms with Gasteiger partial charge in [0, 0.05) is 32.1 Å². The van der Waals surface area contributed by atoms with E-state index in [0.29, 0.717) is 18.4 Å². The third-order valence-corrected chi connectivity index (χ3v) is 5.17. The lowest BCUT2D eigenvalue weighted by Crippen LogP contribution is -2.40. The summed E-state index contributed by atoms with van der Waals surface area (Å²) < 4.78 is 2.02. The molecule has 0 N–H and O–H groups in total. The molecule has 1 amide bonds. The van der Waals surface area contributed by atoms with Crippen LogP contribution in [0.25, 0.3) is 0 Å². The van der Waals surface area contributed by atoms with Crippen molar-refractivity contribution in [1.82, 2.24) is 24.6 Å². The van der Waals surface area contributed by atoms with Crippen LogP contribution in [0.1, 0.15) is 50.2 Å². The van der Waals surface area contributed by atoms with Crippen molar-refractivity contribution in [2.24, 2.45) is 0 Å². The molecule has 128 valence electrons. The van der Waals surface area contributed by atoms with Gasteiger partial charge in [-0.3, -0.25) is 9.69 Å². The molecule has 2 aliphatic heterocycles. The van der Waals surface area contributed by atoms with Gasteiger partial charge >= 0.3 is 0 Å². The normalized spacial score (nSPS) is 22.7. The van der Waals surface area contributed by atoms with E-state index < -0.39 is 0 Å². The Bertz CT molecular complexity index is 535. The summed E-state index contributed by atoms with van der Waals surface area (Å²) in [6.07, 6.45) is 6.68. The molecule has 2 saturated heterocycles. The monoisotopic (exact) mass is 319 g/mol. The first-order chi connectivity index (χ1) is 11.1. The van der Waals surface area contributed by atoms with Crippen molar-refractivity contribution in [1.29, 1.82) is 0 Å². The van der Waals surface area contributed by atoms with E-state index in [-0.39, 0.29) is 0 Å². The summed E-state index contributed by atoms with van der Waals surface area (Å²) in [4.78, 5) is 21.3. The van der Waals surface area contributed by atoms with Crippen molar-refractivity contribution >= 4 is 5.91 Å². The van der Waals surface area contributed by atoms with Crippen LogP contribution in [0.2, 0.25) is 0 Å². The summed E-state index contributed by atoms with van der Waals surface area (Å²) >= 11 is 0. The van der Waals surface area contributed by atoms with Gasteiger partial charge in [0.15, 0.2) is 0 Å². The maximum atomic E-state index is 12.3. The van der Waals surface area contributed by atoms with Crippen molar-refractivity contribution in [3.05, 3.63) is 11.6 Å². The second-order valence-electron chi connectivity index (χ2n) is 6.91. The number of carbonyl (C=O) groups is 1. The standard InChI is InChI=1S/C17H29N5O/c1-14-18-15(2)22(19-14)13-16-7-6-11-20(16)12-8-17(23)21-9-4-3-5-10-21/h16H,3-13H2,1-2H3/t16-/m1/s1. The summed E-state index contributed by atoms with van der Waals surface area (Å²) in [5.41, 5.74) is 0. The quantitative estimate of drug-likeness (QED) is 0.830. The molecule has 6 heteroatoms. The van der Waals surface area contributed by atoms with E-state index in [1.807, 2.05) is 18.5 Å². The maximum Gasteiger partial charge on any atom is 0.223 e. The largest absolute Gasteiger partial charge is 0.343 e. The fraction of sp³-hybridized carbons (Fsp3) is 0.824. The van der Waals surface area contributed by atoms with Gasteiger partial charge in [-0.25, -0.2) is 9.67 Å². The molecule has 6 nitrogen and oxygen atoms in total. The fourth-order valence-corrected chi connectivity index (χ4v) is 3.87. The van der Waals surface area contributed by atoms with Crippen LogP contribution in [0.5, 0.6) is 0 Å². The van der Waals surface area contributed by atoms with Crippen LogP contribution in [0.15, 0.2) is 0 Å². The number of amides is 1. The highest BCUT2D eigenvalue weighted by Gasteiger charge is 2.27. The summed E-state index contributed by atoms with van der Waals surface area (Å²) in [6.45, 7) is 8.74. The first-order valence-corrected chi connectivity index (χ1v) is 9.03. The van der Waals surface area contributed by atoms with Crippen molar-refractivity contribution in [3.8, 4) is 0 Å². The number of likely N-dealkylation sites (tertiary alicyclic amines) is 2. The van der Waals surface area contributed by atoms with Crippen LogP contribution in [0, 0.1) is 13.8 Å². The third kappa shape index (κ3) is 4.10. The molecule has 1 aromatic rings. The Morgan fingerprint density at radius 3 is 2.61 bits per heavy atom. The number of nitrogens with zero attached hydrogens (tertiary/aromatic N) is 5. The number of aromatic nitrogens is 3. The van der Waals surface area contributed by atoms with Gasteiger partial charge in [0.1, 0.15) is 11.6 Å². The van der Waals surface area contributed by atoms with Crippen LogP contribution in [0.4, 0.5) is 0 Å². The lowest BCUT2D eigenvalue weighted by atomic mass is 10.1. The smallest absolute Gasteiger partial charge is 0.223 e. The number of piperidine rings is 1. The van der Waals surface area contributed by atoms with Gasteiger partial charge < -0.3 is 4.90 Å². The van der Waals surface area contributed by atoms with E-state index in [2.05, 4.69) is 19.9 Å². The third-order valence-electron chi connectivity index (χ3n) is 5.17. The zero-order chi connectivity index (χ0) is 16.2. The zero-order valence-corrected chi connectivity index (χ0v) is 14.5. The lowest BCUT2D eigenvalue weighted by Gasteiger charge is -2.29. The predicted octanol–water partition coefficient (Wildman–Crippen LogP) is 1.76. The average Bonchev–Trinajstić information content (AvgIpc) is 3.12. The van der Waals surface area contributed by atoms with Crippen molar-refractivity contribution in [2.45, 2.75) is 65.0 Å². The first kappa shape index (κ1) is 16.4. The Morgan fingerprint density at radius 1 is 1.13 bits per heavy atom. The van der Waals surface area contributed by atoms with Gasteiger partial charge in [0.25, 0.3) is 0 Å². The zero-order valence-electron chi connectivity index (χ0n) is 14.5. The molecule has 2 aliphatic rings. The molecule has 2 fully saturated rings. The molecular weight excluding hydrogens is 290 g/mol. The molecule has 0 spiro atoms. The molecule has 0 aromatic carbocycles. The summed E-state index contributed by atoms with van der Waals surface area (Å²) in [5.74, 6) is 2.16. The predicted molar refractivity (Wildman–Crippen MR) is 89.1 cm³/mol. The first-order valence-electron chi connectivity index (χ1n) is 9.03. The highest BCUT2D eigenvalue weighted by atomic mass is 16.2. The Kier molecular flexibility index (Phi) is 5.30. The van der Waals surface area contributed by atoms with Gasteiger partial charge in [-0.15, -0.1) is 0 Å². The Hall–Kier alpha value is -1.43. The van der Waals surface area contributed by atoms with Crippen molar-refractivity contribution in [2.75, 3.05) is 26.2 Å². The topological polar surface area (TPSA) is 54.3 Å². The van der Waals surface area contributed by atoms with Gasteiger partial charge in [0.2, 0.25) is 5.91 Å². The fourth-order valence-electron chi connectivity index (χ4n) is 3.87. The van der Waals surface area contributed by atoms with Crippen LogP contribution in [-0.2, 0) is 11.3 Å². The molecule has 3 heterocycles. The molecule has 0 bridgehead atoms. The highest BCUT2D eigenvalue weighted by Crippen LogP contribution is 2.20. The van der Waals surface area contributed by atoms with Gasteiger partial charge in [0.05, 0.1) is 6.54 Å². The SMILES string of the molecule is Cc1nc(C)n(C[C@H]2CCCN2CCC(=O)N2CCCCC2)n1. The number of rotatable bonds is 5. The Morgan fingerprint density at radius 2 is 1.91 bits per heavy atom. The van der Waals surface area contributed by atoms with E-state index in [9.17, 15) is 4.79 Å². The molecule has 0 radical (unpaired) electrons. The van der Waals surface area contributed by atoms with E-state index in [1.165, 1.54) is 32.1 Å². The van der Waals surface area contributed by atoms with Crippen LogP contribution in [0.3, 0.4) is 0 Å². The lowest BCUT2D eigenvalue weighted by molar-refractivity contribution is -0.132. The Labute approximate surface area is 138 Å². The molecule has 0 saturated carbocycles. The molecule has 1 aromatic heterocycles. The van der Waals surface area contributed by atoms with Gasteiger partial charge in [-0.05, 0) is 52.5 Å². The average molecular weight is 319 g/mol. The second kappa shape index (κ2) is 7.43. The number of aryl methyl sites for hydroxylation is 2.